The monoisotopic (exact) mass is 342 g/mol. The normalized spacial score (nSPS) is 27.1. The number of fused-ring (bicyclic) bond motifs is 1. The largest absolute Gasteiger partial charge is 0.393 e. The van der Waals surface area contributed by atoms with Crippen LogP contribution in [0, 0.1) is 12.8 Å². The molecule has 1 saturated carbocycles. The highest BCUT2D eigenvalue weighted by molar-refractivity contribution is 5.84. The van der Waals surface area contributed by atoms with E-state index in [1.807, 2.05) is 24.0 Å². The van der Waals surface area contributed by atoms with Crippen molar-refractivity contribution in [1.82, 2.24) is 9.47 Å². The number of amides is 1. The van der Waals surface area contributed by atoms with E-state index >= 15 is 0 Å². The lowest BCUT2D eigenvalue weighted by Crippen LogP contribution is -2.54. The lowest BCUT2D eigenvalue weighted by atomic mass is 9.94. The highest BCUT2D eigenvalue weighted by Gasteiger charge is 2.39. The van der Waals surface area contributed by atoms with E-state index < -0.39 is 0 Å². The second kappa shape index (κ2) is 6.81. The fourth-order valence-corrected chi connectivity index (χ4v) is 4.49. The number of nitrogens with zero attached hydrogens (tertiary/aromatic N) is 2. The van der Waals surface area contributed by atoms with Crippen molar-refractivity contribution in [3.05, 3.63) is 36.0 Å². The molecule has 2 heterocycles. The fraction of sp³-hybridized carbons (Fsp3) is 0.550. The molecule has 1 saturated heterocycles. The van der Waals surface area contributed by atoms with E-state index in [1.165, 1.54) is 0 Å². The Hall–Kier alpha value is -1.85. The maximum atomic E-state index is 13.1. The van der Waals surface area contributed by atoms with Crippen molar-refractivity contribution in [2.75, 3.05) is 19.8 Å². The number of para-hydroxylation sites is 1. The van der Waals surface area contributed by atoms with Gasteiger partial charge in [0.25, 0.3) is 0 Å². The Labute approximate surface area is 148 Å². The fourth-order valence-electron chi connectivity index (χ4n) is 4.49. The zero-order valence-corrected chi connectivity index (χ0v) is 14.7. The summed E-state index contributed by atoms with van der Waals surface area (Å²) in [5.41, 5.74) is 2.19. The van der Waals surface area contributed by atoms with E-state index in [4.69, 9.17) is 4.74 Å². The molecule has 1 N–H and O–H groups in total. The lowest BCUT2D eigenvalue weighted by Gasteiger charge is -2.40. The van der Waals surface area contributed by atoms with Crippen LogP contribution in [-0.4, -0.2) is 52.4 Å². The first-order chi connectivity index (χ1) is 12.1. The summed E-state index contributed by atoms with van der Waals surface area (Å²) in [6.45, 7) is 4.13. The van der Waals surface area contributed by atoms with Crippen LogP contribution in [0.25, 0.3) is 10.9 Å². The first-order valence-electron chi connectivity index (χ1n) is 9.25. The van der Waals surface area contributed by atoms with E-state index in [9.17, 15) is 9.90 Å². The summed E-state index contributed by atoms with van der Waals surface area (Å²) in [5.74, 6) is 0.267. The molecular formula is C20H26N2O3. The molecule has 4 rings (SSSR count). The van der Waals surface area contributed by atoms with Gasteiger partial charge in [-0.25, -0.2) is 0 Å². The van der Waals surface area contributed by atoms with Gasteiger partial charge in [-0.05, 0) is 37.3 Å². The highest BCUT2D eigenvalue weighted by atomic mass is 16.5. The lowest BCUT2D eigenvalue weighted by molar-refractivity contribution is -0.144. The molecule has 25 heavy (non-hydrogen) atoms. The van der Waals surface area contributed by atoms with E-state index in [-0.39, 0.29) is 24.0 Å². The number of hydrogen-bond donors (Lipinski definition) is 1. The molecule has 1 aromatic carbocycles. The van der Waals surface area contributed by atoms with Gasteiger partial charge in [0.15, 0.2) is 0 Å². The molecule has 1 aliphatic heterocycles. The third-order valence-corrected chi connectivity index (χ3v) is 5.82. The minimum atomic E-state index is -0.309. The number of aryl methyl sites for hydroxylation is 1. The Kier molecular flexibility index (Phi) is 4.52. The minimum absolute atomic E-state index is 0.000817. The molecular weight excluding hydrogens is 316 g/mol. The van der Waals surface area contributed by atoms with Gasteiger partial charge in [0.2, 0.25) is 5.91 Å². The quantitative estimate of drug-likeness (QED) is 0.931. The number of carbonyl (C=O) groups is 1. The molecule has 0 unspecified atom stereocenters. The summed E-state index contributed by atoms with van der Waals surface area (Å²) < 4.78 is 7.73. The van der Waals surface area contributed by atoms with Crippen LogP contribution in [0.15, 0.2) is 30.3 Å². The standard InChI is InChI=1S/C20H26N2O3/c1-14-11-15-5-2-3-7-17(15)22(14)12-20(24)21-9-10-25-13-18(21)16-6-4-8-19(16)23/h2-3,5,7,11,16,18-19,23H,4,6,8-10,12-13H2,1H3/t16-,18+,19-/m0/s1. The van der Waals surface area contributed by atoms with Crippen LogP contribution in [0.3, 0.4) is 0 Å². The molecule has 0 spiro atoms. The minimum Gasteiger partial charge on any atom is -0.393 e. The molecule has 134 valence electrons. The molecule has 0 radical (unpaired) electrons. The van der Waals surface area contributed by atoms with Crippen LogP contribution >= 0.6 is 0 Å². The molecule has 2 fully saturated rings. The Morgan fingerprint density at radius 2 is 2.16 bits per heavy atom. The summed E-state index contributed by atoms with van der Waals surface area (Å²) in [6.07, 6.45) is 2.54. The maximum absolute atomic E-state index is 13.1. The number of rotatable bonds is 3. The van der Waals surface area contributed by atoms with Gasteiger partial charge in [0, 0.05) is 23.7 Å². The average molecular weight is 342 g/mol. The van der Waals surface area contributed by atoms with E-state index in [2.05, 4.69) is 22.8 Å². The molecule has 3 atom stereocenters. The molecule has 5 heteroatoms. The van der Waals surface area contributed by atoms with Crippen LogP contribution in [-0.2, 0) is 16.1 Å². The van der Waals surface area contributed by atoms with Gasteiger partial charge in [-0.2, -0.15) is 0 Å². The van der Waals surface area contributed by atoms with Crippen LogP contribution < -0.4 is 0 Å². The van der Waals surface area contributed by atoms with Crippen molar-refractivity contribution in [1.29, 1.82) is 0 Å². The number of carbonyl (C=O) groups excluding carboxylic acids is 1. The predicted octanol–water partition coefficient (Wildman–Crippen LogP) is 2.34. The smallest absolute Gasteiger partial charge is 0.242 e. The molecule has 2 aromatic rings. The molecule has 0 bridgehead atoms. The molecule has 2 aliphatic rings. The SMILES string of the molecule is Cc1cc2ccccc2n1CC(=O)N1CCOC[C@@H]1[C@@H]1CCC[C@@H]1O. The van der Waals surface area contributed by atoms with Gasteiger partial charge in [-0.1, -0.05) is 24.6 Å². The van der Waals surface area contributed by atoms with Crippen LogP contribution in [0.1, 0.15) is 25.0 Å². The van der Waals surface area contributed by atoms with Crippen molar-refractivity contribution in [2.24, 2.45) is 5.92 Å². The number of aliphatic hydroxyl groups is 1. The number of hydrogen-bond acceptors (Lipinski definition) is 3. The first-order valence-corrected chi connectivity index (χ1v) is 9.25. The van der Waals surface area contributed by atoms with Crippen LogP contribution in [0.4, 0.5) is 0 Å². The third kappa shape index (κ3) is 3.07. The maximum Gasteiger partial charge on any atom is 0.242 e. The molecule has 1 aromatic heterocycles. The van der Waals surface area contributed by atoms with Crippen molar-refractivity contribution >= 4 is 16.8 Å². The van der Waals surface area contributed by atoms with Crippen molar-refractivity contribution in [3.63, 3.8) is 0 Å². The number of morpholine rings is 1. The third-order valence-electron chi connectivity index (χ3n) is 5.82. The summed E-state index contributed by atoms with van der Waals surface area (Å²) >= 11 is 0. The average Bonchev–Trinajstić information content (AvgIpc) is 3.18. The summed E-state index contributed by atoms with van der Waals surface area (Å²) in [7, 11) is 0. The summed E-state index contributed by atoms with van der Waals surface area (Å²) in [6, 6.07) is 10.3. The van der Waals surface area contributed by atoms with E-state index in [0.717, 1.165) is 35.9 Å². The Balaban J connectivity index is 1.57. The number of aromatic nitrogens is 1. The topological polar surface area (TPSA) is 54.7 Å². The van der Waals surface area contributed by atoms with Gasteiger partial charge < -0.3 is 19.3 Å². The highest BCUT2D eigenvalue weighted by Crippen LogP contribution is 2.32. The summed E-state index contributed by atoms with van der Waals surface area (Å²) in [5, 5.41) is 11.4. The number of benzene rings is 1. The molecule has 1 amide bonds. The zero-order chi connectivity index (χ0) is 17.4. The molecule has 5 nitrogen and oxygen atoms in total. The van der Waals surface area contributed by atoms with Gasteiger partial charge in [0.1, 0.15) is 6.54 Å². The summed E-state index contributed by atoms with van der Waals surface area (Å²) in [4.78, 5) is 15.1. The van der Waals surface area contributed by atoms with Gasteiger partial charge in [-0.3, -0.25) is 4.79 Å². The van der Waals surface area contributed by atoms with Crippen molar-refractivity contribution in [2.45, 2.75) is 44.9 Å². The van der Waals surface area contributed by atoms with E-state index in [0.29, 0.717) is 26.3 Å². The van der Waals surface area contributed by atoms with Crippen molar-refractivity contribution in [3.8, 4) is 0 Å². The second-order valence-corrected chi connectivity index (χ2v) is 7.32. The van der Waals surface area contributed by atoms with E-state index in [1.54, 1.807) is 0 Å². The van der Waals surface area contributed by atoms with Gasteiger partial charge in [-0.15, -0.1) is 0 Å². The van der Waals surface area contributed by atoms with Crippen LogP contribution in [0.5, 0.6) is 0 Å². The van der Waals surface area contributed by atoms with Gasteiger partial charge in [0.05, 0.1) is 25.4 Å². The second-order valence-electron chi connectivity index (χ2n) is 7.32. The Bertz CT molecular complexity index is 769. The first kappa shape index (κ1) is 16.6. The number of aliphatic hydroxyl groups excluding tert-OH is 1. The van der Waals surface area contributed by atoms with Crippen molar-refractivity contribution < 1.29 is 14.6 Å². The van der Waals surface area contributed by atoms with Gasteiger partial charge >= 0.3 is 0 Å². The van der Waals surface area contributed by atoms with Crippen LogP contribution in [0.2, 0.25) is 0 Å². The number of ether oxygens (including phenoxy) is 1. The zero-order valence-electron chi connectivity index (χ0n) is 14.7. The molecule has 1 aliphatic carbocycles. The Morgan fingerprint density at radius 3 is 2.96 bits per heavy atom. The Morgan fingerprint density at radius 1 is 1.32 bits per heavy atom. The predicted molar refractivity (Wildman–Crippen MR) is 96.3 cm³/mol.